The molecule has 0 bridgehead atoms. The molecule has 3 aromatic rings. The van der Waals surface area contributed by atoms with Gasteiger partial charge in [0.15, 0.2) is 4.34 Å². The molecule has 0 aliphatic heterocycles. The molecule has 0 fully saturated rings. The molecular weight excluding hydrogens is 309 g/mol. The maximum absolute atomic E-state index is 13.7. The Balaban J connectivity index is 1.80. The molecule has 6 heteroatoms. The van der Waals surface area contributed by atoms with Gasteiger partial charge in [-0.1, -0.05) is 23.9 Å². The third-order valence-corrected chi connectivity index (χ3v) is 5.15. The van der Waals surface area contributed by atoms with Gasteiger partial charge in [0.1, 0.15) is 5.82 Å². The summed E-state index contributed by atoms with van der Waals surface area (Å²) < 4.78 is 15.6. The number of rotatable bonds is 4. The van der Waals surface area contributed by atoms with Gasteiger partial charge < -0.3 is 5.11 Å². The van der Waals surface area contributed by atoms with Crippen LogP contribution in [-0.4, -0.2) is 16.1 Å². The van der Waals surface area contributed by atoms with E-state index >= 15 is 0 Å². The van der Waals surface area contributed by atoms with Gasteiger partial charge in [0.05, 0.1) is 15.8 Å². The van der Waals surface area contributed by atoms with Crippen molar-refractivity contribution in [1.82, 2.24) is 4.98 Å². The van der Waals surface area contributed by atoms with E-state index in [1.165, 1.54) is 30.0 Å². The maximum Gasteiger partial charge on any atom is 0.335 e. The zero-order valence-electron chi connectivity index (χ0n) is 10.7. The van der Waals surface area contributed by atoms with Crippen molar-refractivity contribution in [2.75, 3.05) is 0 Å². The van der Waals surface area contributed by atoms with Gasteiger partial charge in [0.2, 0.25) is 0 Å². The van der Waals surface area contributed by atoms with E-state index in [0.717, 1.165) is 14.6 Å². The number of hydrogen-bond acceptors (Lipinski definition) is 4. The molecule has 0 aliphatic carbocycles. The predicted octanol–water partition coefficient (Wildman–Crippen LogP) is 4.43. The van der Waals surface area contributed by atoms with Gasteiger partial charge in [-0.3, -0.25) is 0 Å². The average Bonchev–Trinajstić information content (AvgIpc) is 2.89. The van der Waals surface area contributed by atoms with Crippen molar-refractivity contribution in [1.29, 1.82) is 0 Å². The Morgan fingerprint density at radius 1 is 1.29 bits per heavy atom. The molecule has 0 saturated carbocycles. The molecule has 1 N–H and O–H groups in total. The highest BCUT2D eigenvalue weighted by Gasteiger charge is 2.10. The van der Waals surface area contributed by atoms with Gasteiger partial charge in [-0.25, -0.2) is 14.2 Å². The number of benzene rings is 2. The average molecular weight is 319 g/mol. The van der Waals surface area contributed by atoms with Gasteiger partial charge >= 0.3 is 5.97 Å². The highest BCUT2D eigenvalue weighted by atomic mass is 32.2. The largest absolute Gasteiger partial charge is 0.478 e. The number of carboxylic acid groups (broad SMARTS) is 1. The Morgan fingerprint density at radius 2 is 2.10 bits per heavy atom. The zero-order valence-corrected chi connectivity index (χ0v) is 12.4. The van der Waals surface area contributed by atoms with Crippen molar-refractivity contribution in [2.24, 2.45) is 0 Å². The van der Waals surface area contributed by atoms with Crippen LogP contribution in [0.4, 0.5) is 4.39 Å². The van der Waals surface area contributed by atoms with E-state index in [4.69, 9.17) is 5.11 Å². The monoisotopic (exact) mass is 319 g/mol. The van der Waals surface area contributed by atoms with Crippen LogP contribution in [0.25, 0.3) is 10.2 Å². The van der Waals surface area contributed by atoms with E-state index in [1.807, 2.05) is 24.3 Å². The van der Waals surface area contributed by atoms with Crippen LogP contribution >= 0.6 is 23.1 Å². The Morgan fingerprint density at radius 3 is 2.86 bits per heavy atom. The molecule has 3 rings (SSSR count). The first-order valence-corrected chi connectivity index (χ1v) is 7.94. The molecule has 3 nitrogen and oxygen atoms in total. The van der Waals surface area contributed by atoms with Gasteiger partial charge in [-0.05, 0) is 35.9 Å². The fourth-order valence-corrected chi connectivity index (χ4v) is 3.91. The normalized spacial score (nSPS) is 10.9. The van der Waals surface area contributed by atoms with Crippen LogP contribution in [-0.2, 0) is 5.75 Å². The van der Waals surface area contributed by atoms with Crippen LogP contribution in [0.1, 0.15) is 15.9 Å². The van der Waals surface area contributed by atoms with Crippen LogP contribution in [0.3, 0.4) is 0 Å². The number of para-hydroxylation sites is 1. The van der Waals surface area contributed by atoms with Gasteiger partial charge in [0.25, 0.3) is 0 Å². The summed E-state index contributed by atoms with van der Waals surface area (Å²) >= 11 is 2.95. The highest BCUT2D eigenvalue weighted by Crippen LogP contribution is 2.31. The van der Waals surface area contributed by atoms with E-state index in [0.29, 0.717) is 11.3 Å². The number of aromatic carboxylic acids is 1. The molecule has 21 heavy (non-hydrogen) atoms. The van der Waals surface area contributed by atoms with E-state index in [2.05, 4.69) is 4.98 Å². The Labute approximate surface area is 128 Å². The molecule has 0 amide bonds. The van der Waals surface area contributed by atoms with Gasteiger partial charge in [-0.15, -0.1) is 11.3 Å². The second-order valence-electron chi connectivity index (χ2n) is 4.35. The highest BCUT2D eigenvalue weighted by molar-refractivity contribution is 8.00. The first-order chi connectivity index (χ1) is 10.1. The minimum Gasteiger partial charge on any atom is -0.478 e. The van der Waals surface area contributed by atoms with E-state index < -0.39 is 11.8 Å². The smallest absolute Gasteiger partial charge is 0.335 e. The summed E-state index contributed by atoms with van der Waals surface area (Å²) in [6.07, 6.45) is 0. The lowest BCUT2D eigenvalue weighted by atomic mass is 10.1. The van der Waals surface area contributed by atoms with Crippen molar-refractivity contribution >= 4 is 39.3 Å². The quantitative estimate of drug-likeness (QED) is 0.723. The van der Waals surface area contributed by atoms with Crippen molar-refractivity contribution in [3.05, 3.63) is 59.4 Å². The zero-order chi connectivity index (χ0) is 14.8. The minimum atomic E-state index is -1.05. The Bertz CT molecular complexity index is 783. The molecule has 2 aromatic carbocycles. The van der Waals surface area contributed by atoms with Gasteiger partial charge in [0, 0.05) is 5.75 Å². The minimum absolute atomic E-state index is 0.0938. The number of halogens is 1. The Kier molecular flexibility index (Phi) is 3.90. The van der Waals surface area contributed by atoms with Crippen LogP contribution < -0.4 is 0 Å². The van der Waals surface area contributed by atoms with E-state index in [9.17, 15) is 9.18 Å². The lowest BCUT2D eigenvalue weighted by molar-refractivity contribution is 0.0696. The summed E-state index contributed by atoms with van der Waals surface area (Å²) in [4.78, 5) is 15.4. The summed E-state index contributed by atoms with van der Waals surface area (Å²) in [6.45, 7) is 0. The molecule has 0 aliphatic rings. The summed E-state index contributed by atoms with van der Waals surface area (Å²) in [7, 11) is 0. The summed E-state index contributed by atoms with van der Waals surface area (Å²) in [5.74, 6) is -1.10. The molecule has 1 aromatic heterocycles. The molecule has 0 saturated heterocycles. The number of fused-ring (bicyclic) bond motifs is 1. The second-order valence-corrected chi connectivity index (χ2v) is 6.60. The SMILES string of the molecule is O=C(O)c1ccc(F)c(CSc2nc3ccccc3s2)c1. The second kappa shape index (κ2) is 5.83. The standard InChI is InChI=1S/C15H10FNO2S2/c16-11-6-5-9(14(18)19)7-10(11)8-20-15-17-12-3-1-2-4-13(12)21-15/h1-7H,8H2,(H,18,19). The molecule has 0 atom stereocenters. The topological polar surface area (TPSA) is 50.2 Å². The molecular formula is C15H10FNO2S2. The van der Waals surface area contributed by atoms with Crippen LogP contribution in [0.15, 0.2) is 46.8 Å². The number of nitrogens with zero attached hydrogens (tertiary/aromatic N) is 1. The third kappa shape index (κ3) is 3.06. The number of carbonyl (C=O) groups is 1. The summed E-state index contributed by atoms with van der Waals surface area (Å²) in [5.41, 5.74) is 1.39. The van der Waals surface area contributed by atoms with Crippen LogP contribution in [0.2, 0.25) is 0 Å². The number of carboxylic acids is 1. The summed E-state index contributed by atoms with van der Waals surface area (Å²) in [6, 6.07) is 11.6. The fraction of sp³-hybridized carbons (Fsp3) is 0.0667. The van der Waals surface area contributed by atoms with Crippen molar-refractivity contribution < 1.29 is 14.3 Å². The van der Waals surface area contributed by atoms with Crippen molar-refractivity contribution in [2.45, 2.75) is 10.1 Å². The number of hydrogen-bond donors (Lipinski definition) is 1. The van der Waals surface area contributed by atoms with E-state index in [-0.39, 0.29) is 5.56 Å². The number of thiazole rings is 1. The number of aromatic nitrogens is 1. The Hall–Kier alpha value is -1.92. The first kappa shape index (κ1) is 14.0. The summed E-state index contributed by atoms with van der Waals surface area (Å²) in [5, 5.41) is 8.94. The molecule has 1 heterocycles. The van der Waals surface area contributed by atoms with Crippen LogP contribution in [0, 0.1) is 5.82 Å². The predicted molar refractivity (Wildman–Crippen MR) is 82.5 cm³/mol. The van der Waals surface area contributed by atoms with Crippen molar-refractivity contribution in [3.63, 3.8) is 0 Å². The molecule has 0 radical (unpaired) electrons. The molecule has 106 valence electrons. The van der Waals surface area contributed by atoms with Crippen LogP contribution in [0.5, 0.6) is 0 Å². The fourth-order valence-electron chi connectivity index (χ4n) is 1.87. The third-order valence-electron chi connectivity index (χ3n) is 2.92. The maximum atomic E-state index is 13.7. The van der Waals surface area contributed by atoms with Crippen molar-refractivity contribution in [3.8, 4) is 0 Å². The first-order valence-electron chi connectivity index (χ1n) is 6.13. The lowest BCUT2D eigenvalue weighted by Gasteiger charge is -2.03. The van der Waals surface area contributed by atoms with Gasteiger partial charge in [-0.2, -0.15) is 0 Å². The lowest BCUT2D eigenvalue weighted by Crippen LogP contribution is -1.99. The molecule has 0 spiro atoms. The number of thioether (sulfide) groups is 1. The van der Waals surface area contributed by atoms with E-state index in [1.54, 1.807) is 11.3 Å². The molecule has 0 unspecified atom stereocenters.